The number of aliphatic hydroxyl groups excluding tert-OH is 1. The van der Waals surface area contributed by atoms with Gasteiger partial charge in [0.05, 0.1) is 14.2 Å². The predicted molar refractivity (Wildman–Crippen MR) is 69.3 cm³/mol. The topological polar surface area (TPSA) is 55.8 Å². The minimum atomic E-state index is -1.06. The summed E-state index contributed by atoms with van der Waals surface area (Å²) in [5, 5.41) is 10.0. The number of rotatable bonds is 4. The van der Waals surface area contributed by atoms with Gasteiger partial charge in [0.25, 0.3) is 0 Å². The normalized spacial score (nSPS) is 13.0. The van der Waals surface area contributed by atoms with E-state index in [0.29, 0.717) is 17.1 Å². The Balaban J connectivity index is 3.12. The van der Waals surface area contributed by atoms with Gasteiger partial charge in [0.15, 0.2) is 5.78 Å². The minimum Gasteiger partial charge on any atom is -0.497 e. The second kappa shape index (κ2) is 5.40. The summed E-state index contributed by atoms with van der Waals surface area (Å²) < 4.78 is 10.2. The molecule has 1 unspecified atom stereocenters. The number of carbonyl (C=O) groups excluding carboxylic acids is 1. The zero-order chi connectivity index (χ0) is 13.9. The Hall–Kier alpha value is -1.55. The summed E-state index contributed by atoms with van der Waals surface area (Å²) in [6.45, 7) is 5.44. The second-order valence-electron chi connectivity index (χ2n) is 5.23. The molecule has 0 saturated carbocycles. The Labute approximate surface area is 108 Å². The highest BCUT2D eigenvalue weighted by molar-refractivity contribution is 6.00. The third kappa shape index (κ3) is 3.23. The Bertz CT molecular complexity index is 410. The van der Waals surface area contributed by atoms with Gasteiger partial charge >= 0.3 is 0 Å². The quantitative estimate of drug-likeness (QED) is 0.835. The maximum atomic E-state index is 12.2. The molecule has 0 aromatic heterocycles. The first-order valence-corrected chi connectivity index (χ1v) is 5.75. The lowest BCUT2D eigenvalue weighted by atomic mass is 9.84. The van der Waals surface area contributed by atoms with Crippen molar-refractivity contribution in [3.63, 3.8) is 0 Å². The van der Waals surface area contributed by atoms with Gasteiger partial charge in [-0.15, -0.1) is 0 Å². The molecule has 1 aromatic carbocycles. The molecule has 0 radical (unpaired) electrons. The van der Waals surface area contributed by atoms with Gasteiger partial charge in [-0.25, -0.2) is 0 Å². The van der Waals surface area contributed by atoms with Crippen LogP contribution in [0.25, 0.3) is 0 Å². The number of aliphatic hydroxyl groups is 1. The Kier molecular flexibility index (Phi) is 4.35. The van der Waals surface area contributed by atoms with Crippen LogP contribution in [0.1, 0.15) is 31.1 Å². The van der Waals surface area contributed by atoms with E-state index in [1.54, 1.807) is 18.2 Å². The van der Waals surface area contributed by atoms with Crippen molar-refractivity contribution in [2.75, 3.05) is 14.2 Å². The average Bonchev–Trinajstić information content (AvgIpc) is 2.35. The van der Waals surface area contributed by atoms with E-state index in [1.807, 2.05) is 20.8 Å². The van der Waals surface area contributed by atoms with E-state index in [2.05, 4.69) is 0 Å². The van der Waals surface area contributed by atoms with Crippen molar-refractivity contribution in [1.29, 1.82) is 0 Å². The number of ketones is 1. The molecule has 0 spiro atoms. The maximum absolute atomic E-state index is 12.2. The van der Waals surface area contributed by atoms with E-state index in [9.17, 15) is 9.90 Å². The second-order valence-corrected chi connectivity index (χ2v) is 5.23. The Morgan fingerprint density at radius 1 is 1.11 bits per heavy atom. The van der Waals surface area contributed by atoms with Gasteiger partial charge in [-0.1, -0.05) is 20.8 Å². The lowest BCUT2D eigenvalue weighted by Crippen LogP contribution is -2.34. The fourth-order valence-corrected chi connectivity index (χ4v) is 1.50. The van der Waals surface area contributed by atoms with Crippen molar-refractivity contribution >= 4 is 5.78 Å². The van der Waals surface area contributed by atoms with Crippen molar-refractivity contribution in [2.45, 2.75) is 26.9 Å². The fourth-order valence-electron chi connectivity index (χ4n) is 1.50. The van der Waals surface area contributed by atoms with Crippen LogP contribution in [0.4, 0.5) is 0 Å². The summed E-state index contributed by atoms with van der Waals surface area (Å²) in [6.07, 6.45) is -1.06. The monoisotopic (exact) mass is 252 g/mol. The third-order valence-electron chi connectivity index (χ3n) is 2.70. The summed E-state index contributed by atoms with van der Waals surface area (Å²) >= 11 is 0. The Morgan fingerprint density at radius 2 is 1.56 bits per heavy atom. The number of hydrogen-bond donors (Lipinski definition) is 1. The Morgan fingerprint density at radius 3 is 1.89 bits per heavy atom. The molecule has 0 amide bonds. The summed E-state index contributed by atoms with van der Waals surface area (Å²) in [5.41, 5.74) is -0.124. The van der Waals surface area contributed by atoms with Crippen LogP contribution in [-0.2, 0) is 0 Å². The lowest BCUT2D eigenvalue weighted by molar-refractivity contribution is 0.0442. The predicted octanol–water partition coefficient (Wildman–Crippen LogP) is 2.29. The van der Waals surface area contributed by atoms with Gasteiger partial charge in [0.1, 0.15) is 17.6 Å². The first kappa shape index (κ1) is 14.5. The molecular weight excluding hydrogens is 232 g/mol. The van der Waals surface area contributed by atoms with Crippen molar-refractivity contribution in [1.82, 2.24) is 0 Å². The fraction of sp³-hybridized carbons (Fsp3) is 0.500. The van der Waals surface area contributed by atoms with Crippen LogP contribution < -0.4 is 9.47 Å². The van der Waals surface area contributed by atoms with E-state index in [4.69, 9.17) is 9.47 Å². The molecule has 0 aliphatic heterocycles. The summed E-state index contributed by atoms with van der Waals surface area (Å²) in [5.74, 6) is 0.720. The van der Waals surface area contributed by atoms with E-state index in [-0.39, 0.29) is 5.78 Å². The molecule has 4 heteroatoms. The molecule has 1 aromatic rings. The van der Waals surface area contributed by atoms with Crippen LogP contribution in [0.5, 0.6) is 11.5 Å². The molecule has 1 atom stereocenters. The van der Waals surface area contributed by atoms with E-state index < -0.39 is 11.5 Å². The largest absolute Gasteiger partial charge is 0.497 e. The molecular formula is C14H20O4. The number of Topliss-reactive ketones (excluding diaryl/α,β-unsaturated/α-hetero) is 1. The lowest BCUT2D eigenvalue weighted by Gasteiger charge is -2.24. The highest BCUT2D eigenvalue weighted by Gasteiger charge is 2.30. The molecule has 0 aliphatic rings. The smallest absolute Gasteiger partial charge is 0.192 e. The molecule has 1 N–H and O–H groups in total. The number of benzene rings is 1. The van der Waals surface area contributed by atoms with Gasteiger partial charge in [0, 0.05) is 11.6 Å². The van der Waals surface area contributed by atoms with Crippen molar-refractivity contribution in [3.8, 4) is 11.5 Å². The molecule has 0 fully saturated rings. The van der Waals surface area contributed by atoms with E-state index >= 15 is 0 Å². The minimum absolute atomic E-state index is 0.334. The number of ether oxygens (including phenoxy) is 2. The van der Waals surface area contributed by atoms with Gasteiger partial charge in [-0.3, -0.25) is 4.79 Å². The first-order valence-electron chi connectivity index (χ1n) is 5.75. The molecule has 0 bridgehead atoms. The molecule has 4 nitrogen and oxygen atoms in total. The third-order valence-corrected chi connectivity index (χ3v) is 2.70. The summed E-state index contributed by atoms with van der Waals surface area (Å²) in [7, 11) is 3.03. The van der Waals surface area contributed by atoms with Crippen LogP contribution in [0.2, 0.25) is 0 Å². The van der Waals surface area contributed by atoms with Gasteiger partial charge in [0.2, 0.25) is 0 Å². The number of methoxy groups -OCH3 is 2. The number of hydrogen-bond acceptors (Lipinski definition) is 4. The van der Waals surface area contributed by atoms with Gasteiger partial charge < -0.3 is 14.6 Å². The summed E-state index contributed by atoms with van der Waals surface area (Å²) in [4.78, 5) is 12.2. The van der Waals surface area contributed by atoms with Crippen LogP contribution in [0.15, 0.2) is 18.2 Å². The standard InChI is InChI=1S/C14H20O4/c1-14(2,3)13(16)12(15)9-6-10(17-4)8-11(7-9)18-5/h6-8,13,16H,1-5H3. The summed E-state index contributed by atoms with van der Waals surface area (Å²) in [6, 6.07) is 4.87. The van der Waals surface area contributed by atoms with Crippen LogP contribution >= 0.6 is 0 Å². The molecule has 1 rings (SSSR count). The molecule has 18 heavy (non-hydrogen) atoms. The molecule has 0 aliphatic carbocycles. The van der Waals surface area contributed by atoms with Crippen LogP contribution in [0, 0.1) is 5.41 Å². The molecule has 0 saturated heterocycles. The van der Waals surface area contributed by atoms with Crippen LogP contribution in [0.3, 0.4) is 0 Å². The van der Waals surface area contributed by atoms with E-state index in [1.165, 1.54) is 14.2 Å². The van der Waals surface area contributed by atoms with Crippen molar-refractivity contribution < 1.29 is 19.4 Å². The maximum Gasteiger partial charge on any atom is 0.192 e. The van der Waals surface area contributed by atoms with Crippen molar-refractivity contribution in [3.05, 3.63) is 23.8 Å². The molecule has 100 valence electrons. The van der Waals surface area contributed by atoms with Gasteiger partial charge in [-0.05, 0) is 17.5 Å². The first-order chi connectivity index (χ1) is 8.29. The van der Waals surface area contributed by atoms with Crippen LogP contribution in [-0.4, -0.2) is 31.2 Å². The van der Waals surface area contributed by atoms with E-state index in [0.717, 1.165) is 0 Å². The number of carbonyl (C=O) groups is 1. The molecule has 0 heterocycles. The zero-order valence-electron chi connectivity index (χ0n) is 11.5. The average molecular weight is 252 g/mol. The SMILES string of the molecule is COc1cc(OC)cc(C(=O)C(O)C(C)(C)C)c1. The highest BCUT2D eigenvalue weighted by atomic mass is 16.5. The zero-order valence-corrected chi connectivity index (χ0v) is 11.5. The van der Waals surface area contributed by atoms with Crippen molar-refractivity contribution in [2.24, 2.45) is 5.41 Å². The van der Waals surface area contributed by atoms with Gasteiger partial charge in [-0.2, -0.15) is 0 Å². The highest BCUT2D eigenvalue weighted by Crippen LogP contribution is 2.27.